The number of carbonyl (C=O) groups excluding carboxylic acids is 1. The number of hydrogen-bond donors (Lipinski definition) is 2. The lowest BCUT2D eigenvalue weighted by atomic mass is 10.3. The summed E-state index contributed by atoms with van der Waals surface area (Å²) in [6.45, 7) is 0.737. The van der Waals surface area contributed by atoms with Crippen molar-refractivity contribution in [2.75, 3.05) is 6.61 Å². The number of ether oxygens (including phenoxy) is 1. The third kappa shape index (κ3) is 4.19. The summed E-state index contributed by atoms with van der Waals surface area (Å²) in [5.74, 6) is -3.09. The Balaban J connectivity index is 2.58. The van der Waals surface area contributed by atoms with Crippen molar-refractivity contribution >= 4 is 17.6 Å². The van der Waals surface area contributed by atoms with Crippen LogP contribution in [0.1, 0.15) is 6.92 Å². The van der Waals surface area contributed by atoms with Crippen LogP contribution in [0.5, 0.6) is 5.75 Å². The first-order valence-corrected chi connectivity index (χ1v) is 5.40. The smallest absolute Gasteiger partial charge is 0.325 e. The maximum absolute atomic E-state index is 13.2. The molecule has 0 fully saturated rings. The summed E-state index contributed by atoms with van der Waals surface area (Å²) in [5, 5.41) is 21.1. The number of benzene rings is 1. The molecule has 0 saturated carbocycles. The number of rotatable bonds is 6. The summed E-state index contributed by atoms with van der Waals surface area (Å²) in [4.78, 5) is 31.3. The fraction of sp³-hybridized carbons (Fsp3) is 0.273. The average molecular weight is 286 g/mol. The number of nitro benzene ring substituents is 1. The second-order valence-electron chi connectivity index (χ2n) is 3.79. The van der Waals surface area contributed by atoms with Gasteiger partial charge in [0.05, 0.1) is 4.92 Å². The number of carboxylic acid groups (broad SMARTS) is 1. The van der Waals surface area contributed by atoms with Gasteiger partial charge in [-0.2, -0.15) is 4.39 Å². The van der Waals surface area contributed by atoms with Crippen LogP contribution < -0.4 is 10.1 Å². The maximum atomic E-state index is 13.2. The second-order valence-corrected chi connectivity index (χ2v) is 3.79. The molecule has 1 atom stereocenters. The molecule has 1 aromatic carbocycles. The normalized spacial score (nSPS) is 11.5. The molecule has 0 spiro atoms. The molecule has 0 aliphatic carbocycles. The van der Waals surface area contributed by atoms with E-state index >= 15 is 0 Å². The Morgan fingerprint density at radius 3 is 2.70 bits per heavy atom. The zero-order valence-corrected chi connectivity index (χ0v) is 10.3. The van der Waals surface area contributed by atoms with Crippen LogP contribution in [0.25, 0.3) is 0 Å². The number of hydrogen-bond acceptors (Lipinski definition) is 5. The van der Waals surface area contributed by atoms with Gasteiger partial charge < -0.3 is 15.2 Å². The highest BCUT2D eigenvalue weighted by Crippen LogP contribution is 2.22. The minimum Gasteiger partial charge on any atom is -0.484 e. The van der Waals surface area contributed by atoms with Crippen molar-refractivity contribution in [3.63, 3.8) is 0 Å². The van der Waals surface area contributed by atoms with E-state index in [1.54, 1.807) is 0 Å². The molecule has 0 heterocycles. The third-order valence-electron chi connectivity index (χ3n) is 2.23. The summed E-state index contributed by atoms with van der Waals surface area (Å²) in [6, 6.07) is 1.73. The lowest BCUT2D eigenvalue weighted by molar-refractivity contribution is -0.387. The van der Waals surface area contributed by atoms with Gasteiger partial charge in [0.25, 0.3) is 5.91 Å². The van der Waals surface area contributed by atoms with E-state index in [-0.39, 0.29) is 5.75 Å². The van der Waals surface area contributed by atoms with Crippen molar-refractivity contribution in [1.82, 2.24) is 5.32 Å². The van der Waals surface area contributed by atoms with Gasteiger partial charge in [-0.25, -0.2) is 0 Å². The lowest BCUT2D eigenvalue weighted by Gasteiger charge is -2.10. The quantitative estimate of drug-likeness (QED) is 0.587. The van der Waals surface area contributed by atoms with Crippen LogP contribution >= 0.6 is 0 Å². The Hall–Kier alpha value is -2.71. The van der Waals surface area contributed by atoms with Crippen LogP contribution in [0.2, 0.25) is 0 Å². The van der Waals surface area contributed by atoms with Crippen molar-refractivity contribution in [3.8, 4) is 5.75 Å². The molecule has 0 saturated heterocycles. The van der Waals surface area contributed by atoms with Crippen molar-refractivity contribution < 1.29 is 28.7 Å². The van der Waals surface area contributed by atoms with E-state index in [9.17, 15) is 24.1 Å². The lowest BCUT2D eigenvalue weighted by Crippen LogP contribution is -2.40. The molecule has 1 amide bonds. The molecule has 0 bridgehead atoms. The molecular formula is C11H11FN2O6. The van der Waals surface area contributed by atoms with E-state index in [0.29, 0.717) is 0 Å². The van der Waals surface area contributed by atoms with E-state index in [4.69, 9.17) is 9.84 Å². The highest BCUT2D eigenvalue weighted by Gasteiger charge is 2.16. The molecular weight excluding hydrogens is 275 g/mol. The summed E-state index contributed by atoms with van der Waals surface area (Å²) in [7, 11) is 0. The SMILES string of the molecule is C[C@@H](NC(=O)COc1ccc([N+](=O)[O-])c(F)c1)C(=O)O. The maximum Gasteiger partial charge on any atom is 0.325 e. The molecule has 0 aliphatic rings. The van der Waals surface area contributed by atoms with Crippen LogP contribution in [0.3, 0.4) is 0 Å². The summed E-state index contributed by atoms with van der Waals surface area (Å²) in [5.41, 5.74) is -0.707. The van der Waals surface area contributed by atoms with Crippen molar-refractivity contribution in [2.24, 2.45) is 0 Å². The van der Waals surface area contributed by atoms with Crippen LogP contribution in [-0.2, 0) is 9.59 Å². The van der Waals surface area contributed by atoms with Crippen LogP contribution in [-0.4, -0.2) is 34.6 Å². The molecule has 2 N–H and O–H groups in total. The molecule has 108 valence electrons. The molecule has 0 aromatic heterocycles. The Morgan fingerprint density at radius 2 is 2.20 bits per heavy atom. The second kappa shape index (κ2) is 6.45. The first kappa shape index (κ1) is 15.3. The zero-order valence-electron chi connectivity index (χ0n) is 10.3. The Morgan fingerprint density at radius 1 is 1.55 bits per heavy atom. The molecule has 20 heavy (non-hydrogen) atoms. The molecule has 0 radical (unpaired) electrons. The highest BCUT2D eigenvalue weighted by molar-refractivity contribution is 5.84. The molecule has 0 aliphatic heterocycles. The number of aliphatic carboxylic acids is 1. The van der Waals surface area contributed by atoms with Gasteiger partial charge >= 0.3 is 11.7 Å². The fourth-order valence-corrected chi connectivity index (χ4v) is 1.22. The Labute approximate surface area is 112 Å². The third-order valence-corrected chi connectivity index (χ3v) is 2.23. The van der Waals surface area contributed by atoms with Gasteiger partial charge in [0.15, 0.2) is 6.61 Å². The fourth-order valence-electron chi connectivity index (χ4n) is 1.22. The predicted molar refractivity (Wildman–Crippen MR) is 63.8 cm³/mol. The van der Waals surface area contributed by atoms with Gasteiger partial charge in [-0.15, -0.1) is 0 Å². The molecule has 0 unspecified atom stereocenters. The summed E-state index contributed by atoms with van der Waals surface area (Å²) < 4.78 is 18.1. The van der Waals surface area contributed by atoms with Crippen LogP contribution in [0.4, 0.5) is 10.1 Å². The predicted octanol–water partition coefficient (Wildman–Crippen LogP) is 0.702. The standard InChI is InChI=1S/C11H11FN2O6/c1-6(11(16)17)13-10(15)5-20-7-2-3-9(14(18)19)8(12)4-7/h2-4,6H,5H2,1H3,(H,13,15)(H,16,17)/t6-/m1/s1. The molecule has 1 aromatic rings. The Bertz CT molecular complexity index is 548. The minimum atomic E-state index is -1.21. The molecule has 9 heteroatoms. The zero-order chi connectivity index (χ0) is 15.3. The van der Waals surface area contributed by atoms with Gasteiger partial charge in [-0.3, -0.25) is 19.7 Å². The van der Waals surface area contributed by atoms with Gasteiger partial charge in [-0.05, 0) is 13.0 Å². The first-order chi connectivity index (χ1) is 9.31. The number of amides is 1. The van der Waals surface area contributed by atoms with Crippen molar-refractivity contribution in [1.29, 1.82) is 0 Å². The number of carbonyl (C=O) groups is 2. The highest BCUT2D eigenvalue weighted by atomic mass is 19.1. The van der Waals surface area contributed by atoms with E-state index in [1.807, 2.05) is 0 Å². The van der Waals surface area contributed by atoms with Gasteiger partial charge in [0, 0.05) is 12.1 Å². The van der Waals surface area contributed by atoms with Crippen molar-refractivity contribution in [2.45, 2.75) is 13.0 Å². The van der Waals surface area contributed by atoms with E-state index in [1.165, 1.54) is 6.92 Å². The van der Waals surface area contributed by atoms with E-state index < -0.39 is 41.0 Å². The van der Waals surface area contributed by atoms with E-state index in [0.717, 1.165) is 18.2 Å². The van der Waals surface area contributed by atoms with Gasteiger partial charge in [0.2, 0.25) is 5.82 Å². The van der Waals surface area contributed by atoms with Crippen LogP contribution in [0, 0.1) is 15.9 Å². The average Bonchev–Trinajstić information content (AvgIpc) is 2.35. The van der Waals surface area contributed by atoms with E-state index in [2.05, 4.69) is 5.32 Å². The minimum absolute atomic E-state index is 0.0776. The number of nitrogens with zero attached hydrogens (tertiary/aromatic N) is 1. The number of halogens is 1. The first-order valence-electron chi connectivity index (χ1n) is 5.40. The summed E-state index contributed by atoms with van der Waals surface area (Å²) in [6.07, 6.45) is 0. The number of nitrogens with one attached hydrogen (secondary N) is 1. The van der Waals surface area contributed by atoms with Crippen LogP contribution in [0.15, 0.2) is 18.2 Å². The largest absolute Gasteiger partial charge is 0.484 e. The molecule has 1 rings (SSSR count). The Kier molecular flexibility index (Phi) is 4.95. The topological polar surface area (TPSA) is 119 Å². The monoisotopic (exact) mass is 286 g/mol. The van der Waals surface area contributed by atoms with Gasteiger partial charge in [0.1, 0.15) is 11.8 Å². The van der Waals surface area contributed by atoms with Crippen molar-refractivity contribution in [3.05, 3.63) is 34.1 Å². The number of nitro groups is 1. The summed E-state index contributed by atoms with van der Waals surface area (Å²) >= 11 is 0. The van der Waals surface area contributed by atoms with Gasteiger partial charge in [-0.1, -0.05) is 0 Å². The number of carboxylic acids is 1. The molecule has 8 nitrogen and oxygen atoms in total.